The van der Waals surface area contributed by atoms with Crippen molar-refractivity contribution in [2.45, 2.75) is 23.3 Å². The summed E-state index contributed by atoms with van der Waals surface area (Å²) in [6, 6.07) is 19.4. The van der Waals surface area contributed by atoms with Gasteiger partial charge in [-0.3, -0.25) is 9.59 Å². The molecular formula is C26H24N2O6S. The summed E-state index contributed by atoms with van der Waals surface area (Å²) in [4.78, 5) is 25.7. The number of nitrogens with zero attached hydrogens (tertiary/aromatic N) is 1. The SMILES string of the molecule is CCOc1ccc(NC(=O)Cn2cc(S(=O)(=O)c3ccccc3)c(=O)c3cc(OC)ccc32)cc1. The van der Waals surface area contributed by atoms with Gasteiger partial charge in [-0.1, -0.05) is 18.2 Å². The number of pyridine rings is 1. The maximum Gasteiger partial charge on any atom is 0.244 e. The molecular weight excluding hydrogens is 468 g/mol. The molecule has 180 valence electrons. The number of rotatable bonds is 8. The van der Waals surface area contributed by atoms with Crippen molar-refractivity contribution in [2.24, 2.45) is 0 Å². The van der Waals surface area contributed by atoms with Gasteiger partial charge >= 0.3 is 0 Å². The van der Waals surface area contributed by atoms with E-state index >= 15 is 0 Å². The molecule has 0 aliphatic rings. The first-order valence-electron chi connectivity index (χ1n) is 10.9. The van der Waals surface area contributed by atoms with Crippen molar-refractivity contribution in [3.8, 4) is 11.5 Å². The van der Waals surface area contributed by atoms with Gasteiger partial charge in [-0.25, -0.2) is 8.42 Å². The minimum atomic E-state index is -4.13. The smallest absolute Gasteiger partial charge is 0.244 e. The highest BCUT2D eigenvalue weighted by atomic mass is 32.2. The zero-order chi connectivity index (χ0) is 25.0. The summed E-state index contributed by atoms with van der Waals surface area (Å²) < 4.78 is 38.7. The van der Waals surface area contributed by atoms with Crippen LogP contribution < -0.4 is 20.2 Å². The average molecular weight is 493 g/mol. The van der Waals surface area contributed by atoms with E-state index in [2.05, 4.69) is 5.32 Å². The molecule has 1 heterocycles. The van der Waals surface area contributed by atoms with Crippen molar-refractivity contribution in [3.05, 3.63) is 89.2 Å². The number of hydrogen-bond donors (Lipinski definition) is 1. The van der Waals surface area contributed by atoms with Crippen molar-refractivity contribution >= 4 is 32.3 Å². The fourth-order valence-corrected chi connectivity index (χ4v) is 5.07. The van der Waals surface area contributed by atoms with E-state index in [9.17, 15) is 18.0 Å². The fourth-order valence-electron chi connectivity index (χ4n) is 3.68. The first kappa shape index (κ1) is 24.0. The number of amides is 1. The van der Waals surface area contributed by atoms with Gasteiger partial charge in [-0.05, 0) is 61.5 Å². The van der Waals surface area contributed by atoms with Crippen molar-refractivity contribution in [3.63, 3.8) is 0 Å². The van der Waals surface area contributed by atoms with Gasteiger partial charge in [-0.2, -0.15) is 0 Å². The van der Waals surface area contributed by atoms with Gasteiger partial charge in [0.1, 0.15) is 22.9 Å². The minimum absolute atomic E-state index is 0.00950. The lowest BCUT2D eigenvalue weighted by Crippen LogP contribution is -2.24. The first-order valence-corrected chi connectivity index (χ1v) is 12.4. The number of aromatic nitrogens is 1. The Morgan fingerprint density at radius 3 is 2.31 bits per heavy atom. The predicted octanol–water partition coefficient (Wildman–Crippen LogP) is 3.88. The van der Waals surface area contributed by atoms with Crippen LogP contribution in [0.3, 0.4) is 0 Å². The third-order valence-electron chi connectivity index (χ3n) is 5.36. The molecule has 0 atom stereocenters. The molecule has 4 aromatic rings. The van der Waals surface area contributed by atoms with Gasteiger partial charge in [0.15, 0.2) is 0 Å². The summed E-state index contributed by atoms with van der Waals surface area (Å²) in [6.45, 7) is 2.20. The molecule has 35 heavy (non-hydrogen) atoms. The monoisotopic (exact) mass is 492 g/mol. The van der Waals surface area contributed by atoms with E-state index in [0.717, 1.165) is 0 Å². The van der Waals surface area contributed by atoms with Crippen LogP contribution in [0.1, 0.15) is 6.92 Å². The molecule has 0 saturated carbocycles. The molecule has 0 bridgehead atoms. The lowest BCUT2D eigenvalue weighted by atomic mass is 10.2. The molecule has 1 N–H and O–H groups in total. The highest BCUT2D eigenvalue weighted by Crippen LogP contribution is 2.24. The quantitative estimate of drug-likeness (QED) is 0.400. The van der Waals surface area contributed by atoms with E-state index in [1.54, 1.807) is 54.6 Å². The highest BCUT2D eigenvalue weighted by molar-refractivity contribution is 7.91. The van der Waals surface area contributed by atoms with Gasteiger partial charge in [0.25, 0.3) is 0 Å². The standard InChI is InChI=1S/C26H24N2O6S/c1-3-34-19-11-9-18(10-12-19)27-25(29)17-28-16-24(35(31,32)21-7-5-4-6-8-21)26(30)22-15-20(33-2)13-14-23(22)28/h4-16H,3,17H2,1-2H3,(H,27,29). The third kappa shape index (κ3) is 5.04. The van der Waals surface area contributed by atoms with Crippen LogP contribution in [0.5, 0.6) is 11.5 Å². The molecule has 1 aromatic heterocycles. The Hall–Kier alpha value is -4.11. The number of ether oxygens (including phenoxy) is 2. The number of nitrogens with one attached hydrogen (secondary N) is 1. The van der Waals surface area contributed by atoms with E-state index in [1.165, 1.54) is 36.1 Å². The second-order valence-corrected chi connectivity index (χ2v) is 9.57. The van der Waals surface area contributed by atoms with Crippen LogP contribution in [-0.4, -0.2) is 32.6 Å². The van der Waals surface area contributed by atoms with E-state index in [1.807, 2.05) is 6.92 Å². The van der Waals surface area contributed by atoms with Gasteiger partial charge in [0, 0.05) is 11.9 Å². The summed E-state index contributed by atoms with van der Waals surface area (Å²) in [5, 5.41) is 2.92. The minimum Gasteiger partial charge on any atom is -0.497 e. The van der Waals surface area contributed by atoms with Crippen LogP contribution in [0.15, 0.2) is 93.6 Å². The van der Waals surface area contributed by atoms with Crippen molar-refractivity contribution in [1.29, 1.82) is 0 Å². The Balaban J connectivity index is 1.76. The van der Waals surface area contributed by atoms with Crippen molar-refractivity contribution in [1.82, 2.24) is 4.57 Å². The Morgan fingerprint density at radius 1 is 0.971 bits per heavy atom. The summed E-state index contributed by atoms with van der Waals surface area (Å²) in [6.07, 6.45) is 1.22. The molecule has 4 rings (SSSR count). The Bertz CT molecular complexity index is 1530. The number of sulfone groups is 1. The summed E-state index contributed by atoms with van der Waals surface area (Å²) >= 11 is 0. The summed E-state index contributed by atoms with van der Waals surface area (Å²) in [7, 11) is -2.67. The van der Waals surface area contributed by atoms with Crippen LogP contribution in [0, 0.1) is 0 Å². The largest absolute Gasteiger partial charge is 0.497 e. The molecule has 8 nitrogen and oxygen atoms in total. The number of methoxy groups -OCH3 is 1. The van der Waals surface area contributed by atoms with Crippen LogP contribution in [-0.2, 0) is 21.2 Å². The molecule has 0 fully saturated rings. The second-order valence-electron chi connectivity index (χ2n) is 7.66. The molecule has 0 spiro atoms. The fraction of sp³-hybridized carbons (Fsp3) is 0.154. The molecule has 0 aliphatic carbocycles. The number of carbonyl (C=O) groups excluding carboxylic acids is 1. The number of fused-ring (bicyclic) bond motifs is 1. The Labute approximate surface area is 202 Å². The van der Waals surface area contributed by atoms with Crippen LogP contribution in [0.4, 0.5) is 5.69 Å². The first-order chi connectivity index (χ1) is 16.8. The molecule has 0 radical (unpaired) electrons. The number of carbonyl (C=O) groups is 1. The van der Waals surface area contributed by atoms with Gasteiger partial charge in [0.05, 0.1) is 29.5 Å². The van der Waals surface area contributed by atoms with E-state index < -0.39 is 26.1 Å². The molecule has 1 amide bonds. The highest BCUT2D eigenvalue weighted by Gasteiger charge is 2.24. The summed E-state index contributed by atoms with van der Waals surface area (Å²) in [5.74, 6) is 0.689. The third-order valence-corrected chi connectivity index (χ3v) is 7.12. The summed E-state index contributed by atoms with van der Waals surface area (Å²) in [5.41, 5.74) is 0.304. The zero-order valence-corrected chi connectivity index (χ0v) is 20.0. The van der Waals surface area contributed by atoms with Gasteiger partial charge < -0.3 is 19.4 Å². The second kappa shape index (κ2) is 10.0. The topological polar surface area (TPSA) is 104 Å². The lowest BCUT2D eigenvalue weighted by molar-refractivity contribution is -0.116. The molecule has 0 aliphatic heterocycles. The number of hydrogen-bond acceptors (Lipinski definition) is 6. The Kier molecular flexibility index (Phi) is 6.88. The number of benzene rings is 3. The van der Waals surface area contributed by atoms with Gasteiger partial charge in [0.2, 0.25) is 21.2 Å². The van der Waals surface area contributed by atoms with Crippen LogP contribution in [0.2, 0.25) is 0 Å². The van der Waals surface area contributed by atoms with E-state index in [4.69, 9.17) is 9.47 Å². The maximum atomic E-state index is 13.3. The van der Waals surface area contributed by atoms with E-state index in [-0.39, 0.29) is 16.8 Å². The van der Waals surface area contributed by atoms with E-state index in [0.29, 0.717) is 29.3 Å². The molecule has 9 heteroatoms. The van der Waals surface area contributed by atoms with Crippen molar-refractivity contribution in [2.75, 3.05) is 19.0 Å². The molecule has 0 saturated heterocycles. The molecule has 0 unspecified atom stereocenters. The van der Waals surface area contributed by atoms with Crippen LogP contribution >= 0.6 is 0 Å². The predicted molar refractivity (Wildman–Crippen MR) is 133 cm³/mol. The van der Waals surface area contributed by atoms with Gasteiger partial charge in [-0.15, -0.1) is 0 Å². The molecule has 3 aromatic carbocycles. The number of anilines is 1. The zero-order valence-electron chi connectivity index (χ0n) is 19.2. The average Bonchev–Trinajstić information content (AvgIpc) is 2.87. The lowest BCUT2D eigenvalue weighted by Gasteiger charge is -2.15. The normalized spacial score (nSPS) is 11.3. The maximum absolute atomic E-state index is 13.3. The van der Waals surface area contributed by atoms with Crippen molar-refractivity contribution < 1.29 is 22.7 Å². The van der Waals surface area contributed by atoms with Crippen LogP contribution in [0.25, 0.3) is 10.9 Å². The Morgan fingerprint density at radius 2 is 1.66 bits per heavy atom.